The standard InChI is InChI=1S/C20H22O3/c21-19-11-9-18(10-12-19)17-7-5-16(6-8-17)15-3-1-14(2-4-15)13-20(22)23/h5-12,14-15,21H,1-4,13H2,(H,22,23). The Morgan fingerprint density at radius 2 is 1.39 bits per heavy atom. The van der Waals surface area contributed by atoms with Crippen LogP contribution in [0.4, 0.5) is 0 Å². The molecule has 3 nitrogen and oxygen atoms in total. The molecule has 0 heterocycles. The fraction of sp³-hybridized carbons (Fsp3) is 0.350. The Hall–Kier alpha value is -2.29. The molecule has 0 amide bonds. The van der Waals surface area contributed by atoms with Gasteiger partial charge in [-0.25, -0.2) is 0 Å². The number of aromatic hydroxyl groups is 1. The predicted octanol–water partition coefficient (Wildman–Crippen LogP) is 4.81. The molecule has 0 spiro atoms. The van der Waals surface area contributed by atoms with E-state index in [9.17, 15) is 9.90 Å². The summed E-state index contributed by atoms with van der Waals surface area (Å²) in [6, 6.07) is 15.9. The summed E-state index contributed by atoms with van der Waals surface area (Å²) in [4.78, 5) is 10.8. The van der Waals surface area contributed by atoms with Crippen LogP contribution < -0.4 is 0 Å². The molecule has 1 aliphatic rings. The van der Waals surface area contributed by atoms with E-state index in [1.165, 1.54) is 5.56 Å². The highest BCUT2D eigenvalue weighted by atomic mass is 16.4. The van der Waals surface area contributed by atoms with Gasteiger partial charge in [-0.05, 0) is 66.3 Å². The first-order chi connectivity index (χ1) is 11.1. The van der Waals surface area contributed by atoms with E-state index < -0.39 is 5.97 Å². The number of phenolic OH excluding ortho intramolecular Hbond substituents is 1. The minimum Gasteiger partial charge on any atom is -0.508 e. The van der Waals surface area contributed by atoms with Crippen molar-refractivity contribution in [2.24, 2.45) is 5.92 Å². The average Bonchev–Trinajstić information content (AvgIpc) is 2.56. The summed E-state index contributed by atoms with van der Waals surface area (Å²) in [6.45, 7) is 0. The van der Waals surface area contributed by atoms with E-state index >= 15 is 0 Å². The van der Waals surface area contributed by atoms with Crippen molar-refractivity contribution in [2.75, 3.05) is 0 Å². The predicted molar refractivity (Wildman–Crippen MR) is 90.5 cm³/mol. The smallest absolute Gasteiger partial charge is 0.303 e. The summed E-state index contributed by atoms with van der Waals surface area (Å²) in [7, 11) is 0. The lowest BCUT2D eigenvalue weighted by Crippen LogP contribution is -2.16. The van der Waals surface area contributed by atoms with Gasteiger partial charge in [0.1, 0.15) is 5.75 Å². The van der Waals surface area contributed by atoms with Crippen molar-refractivity contribution in [1.29, 1.82) is 0 Å². The molecule has 0 radical (unpaired) electrons. The molecule has 0 bridgehead atoms. The second-order valence-corrected chi connectivity index (χ2v) is 6.48. The van der Waals surface area contributed by atoms with Crippen LogP contribution in [-0.4, -0.2) is 16.2 Å². The summed E-state index contributed by atoms with van der Waals surface area (Å²) in [5.41, 5.74) is 3.59. The summed E-state index contributed by atoms with van der Waals surface area (Å²) >= 11 is 0. The highest BCUT2D eigenvalue weighted by molar-refractivity contribution is 5.67. The SMILES string of the molecule is O=C(O)CC1CCC(c2ccc(-c3ccc(O)cc3)cc2)CC1. The molecule has 23 heavy (non-hydrogen) atoms. The van der Waals surface area contributed by atoms with E-state index in [2.05, 4.69) is 24.3 Å². The van der Waals surface area contributed by atoms with Gasteiger partial charge in [0.25, 0.3) is 0 Å². The molecule has 0 saturated heterocycles. The Morgan fingerprint density at radius 3 is 1.91 bits per heavy atom. The number of hydrogen-bond acceptors (Lipinski definition) is 2. The molecule has 0 atom stereocenters. The van der Waals surface area contributed by atoms with Gasteiger partial charge < -0.3 is 10.2 Å². The van der Waals surface area contributed by atoms with E-state index in [4.69, 9.17) is 5.11 Å². The molecule has 0 aliphatic heterocycles. The molecule has 120 valence electrons. The van der Waals surface area contributed by atoms with Gasteiger partial charge in [0.05, 0.1) is 0 Å². The number of carboxylic acid groups (broad SMARTS) is 1. The molecular formula is C20H22O3. The number of phenols is 1. The maximum absolute atomic E-state index is 10.8. The molecule has 2 N–H and O–H groups in total. The molecule has 0 aromatic heterocycles. The second-order valence-electron chi connectivity index (χ2n) is 6.48. The van der Waals surface area contributed by atoms with Gasteiger partial charge >= 0.3 is 5.97 Å². The summed E-state index contributed by atoms with van der Waals surface area (Å²) < 4.78 is 0. The van der Waals surface area contributed by atoms with E-state index in [0.29, 0.717) is 18.3 Å². The van der Waals surface area contributed by atoms with E-state index in [1.807, 2.05) is 12.1 Å². The lowest BCUT2D eigenvalue weighted by molar-refractivity contribution is -0.138. The molecule has 1 fully saturated rings. The van der Waals surface area contributed by atoms with Crippen molar-refractivity contribution in [2.45, 2.75) is 38.0 Å². The zero-order valence-corrected chi connectivity index (χ0v) is 13.1. The van der Waals surface area contributed by atoms with Crippen LogP contribution in [0.2, 0.25) is 0 Å². The van der Waals surface area contributed by atoms with Crippen LogP contribution in [0.1, 0.15) is 43.6 Å². The molecule has 3 rings (SSSR count). The van der Waals surface area contributed by atoms with Crippen LogP contribution in [-0.2, 0) is 4.79 Å². The molecular weight excluding hydrogens is 288 g/mol. The Balaban J connectivity index is 1.64. The zero-order valence-electron chi connectivity index (χ0n) is 13.1. The summed E-state index contributed by atoms with van der Waals surface area (Å²) in [5, 5.41) is 18.2. The third-order valence-corrected chi connectivity index (χ3v) is 4.89. The average molecular weight is 310 g/mol. The molecule has 1 saturated carbocycles. The maximum Gasteiger partial charge on any atom is 0.303 e. The van der Waals surface area contributed by atoms with Crippen molar-refractivity contribution >= 4 is 5.97 Å². The van der Waals surface area contributed by atoms with Gasteiger partial charge in [-0.3, -0.25) is 4.79 Å². The first-order valence-electron chi connectivity index (χ1n) is 8.23. The second kappa shape index (κ2) is 6.86. The third-order valence-electron chi connectivity index (χ3n) is 4.89. The van der Waals surface area contributed by atoms with Gasteiger partial charge in [-0.2, -0.15) is 0 Å². The zero-order chi connectivity index (χ0) is 16.2. The van der Waals surface area contributed by atoms with Crippen LogP contribution in [0.3, 0.4) is 0 Å². The number of carbonyl (C=O) groups is 1. The molecule has 3 heteroatoms. The fourth-order valence-corrected chi connectivity index (χ4v) is 3.55. The Labute approximate surface area is 136 Å². The molecule has 2 aromatic carbocycles. The number of hydrogen-bond donors (Lipinski definition) is 2. The van der Waals surface area contributed by atoms with Gasteiger partial charge in [0.2, 0.25) is 0 Å². The molecule has 1 aliphatic carbocycles. The minimum absolute atomic E-state index is 0.281. The van der Waals surface area contributed by atoms with Crippen LogP contribution >= 0.6 is 0 Å². The minimum atomic E-state index is -0.674. The normalized spacial score (nSPS) is 21.0. The first-order valence-corrected chi connectivity index (χ1v) is 8.23. The van der Waals surface area contributed by atoms with Gasteiger partial charge in [-0.1, -0.05) is 36.4 Å². The quantitative estimate of drug-likeness (QED) is 0.852. The van der Waals surface area contributed by atoms with Crippen molar-refractivity contribution < 1.29 is 15.0 Å². The number of carboxylic acids is 1. The van der Waals surface area contributed by atoms with Crippen LogP contribution in [0, 0.1) is 5.92 Å². The van der Waals surface area contributed by atoms with Crippen LogP contribution in [0.15, 0.2) is 48.5 Å². The van der Waals surface area contributed by atoms with Gasteiger partial charge in [0, 0.05) is 6.42 Å². The first kappa shape index (κ1) is 15.6. The van der Waals surface area contributed by atoms with Gasteiger partial charge in [-0.15, -0.1) is 0 Å². The topological polar surface area (TPSA) is 57.5 Å². The lowest BCUT2D eigenvalue weighted by atomic mass is 9.77. The van der Waals surface area contributed by atoms with Crippen molar-refractivity contribution in [3.63, 3.8) is 0 Å². The largest absolute Gasteiger partial charge is 0.508 e. The van der Waals surface area contributed by atoms with Gasteiger partial charge in [0.15, 0.2) is 0 Å². The third kappa shape index (κ3) is 3.92. The number of rotatable bonds is 4. The van der Waals surface area contributed by atoms with E-state index in [0.717, 1.165) is 36.8 Å². The molecule has 0 unspecified atom stereocenters. The number of benzene rings is 2. The van der Waals surface area contributed by atoms with Crippen molar-refractivity contribution in [3.8, 4) is 16.9 Å². The highest BCUT2D eigenvalue weighted by Gasteiger charge is 2.23. The fourth-order valence-electron chi connectivity index (χ4n) is 3.55. The monoisotopic (exact) mass is 310 g/mol. The van der Waals surface area contributed by atoms with Crippen LogP contribution in [0.25, 0.3) is 11.1 Å². The Morgan fingerprint density at radius 1 is 0.870 bits per heavy atom. The van der Waals surface area contributed by atoms with Crippen LogP contribution in [0.5, 0.6) is 5.75 Å². The van der Waals surface area contributed by atoms with Crippen molar-refractivity contribution in [3.05, 3.63) is 54.1 Å². The Kier molecular flexibility index (Phi) is 4.65. The Bertz CT molecular complexity index is 650. The van der Waals surface area contributed by atoms with E-state index in [1.54, 1.807) is 12.1 Å². The maximum atomic E-state index is 10.8. The summed E-state index contributed by atoms with van der Waals surface area (Å²) in [5.74, 6) is 0.504. The van der Waals surface area contributed by atoms with E-state index in [-0.39, 0.29) is 5.75 Å². The molecule has 2 aromatic rings. The highest BCUT2D eigenvalue weighted by Crippen LogP contribution is 2.37. The lowest BCUT2D eigenvalue weighted by Gasteiger charge is -2.28. The number of aliphatic carboxylic acids is 1. The summed E-state index contributed by atoms with van der Waals surface area (Å²) in [6.07, 6.45) is 4.49. The van der Waals surface area contributed by atoms with Crippen molar-refractivity contribution in [1.82, 2.24) is 0 Å².